The maximum absolute atomic E-state index is 12.5. The van der Waals surface area contributed by atoms with Crippen molar-refractivity contribution in [3.63, 3.8) is 0 Å². The number of carbonyl (C=O) groups is 1. The molecule has 0 radical (unpaired) electrons. The van der Waals surface area contributed by atoms with Gasteiger partial charge in [-0.2, -0.15) is 0 Å². The van der Waals surface area contributed by atoms with Crippen LogP contribution in [0, 0.1) is 29.6 Å². The van der Waals surface area contributed by atoms with Gasteiger partial charge in [-0.1, -0.05) is 32.9 Å². The number of hydrogen-bond acceptors (Lipinski definition) is 2. The fourth-order valence-electron chi connectivity index (χ4n) is 4.11. The molecule has 0 unspecified atom stereocenters. The Balaban J connectivity index is 1.86. The van der Waals surface area contributed by atoms with E-state index in [0.717, 1.165) is 0 Å². The van der Waals surface area contributed by atoms with E-state index in [1.165, 1.54) is 6.42 Å². The fraction of sp³-hybridized carbons (Fsp3) is 0.786. The summed E-state index contributed by atoms with van der Waals surface area (Å²) in [6.07, 6.45) is 5.93. The van der Waals surface area contributed by atoms with Crippen LogP contribution in [0.25, 0.3) is 0 Å². The van der Waals surface area contributed by atoms with Gasteiger partial charge in [-0.05, 0) is 35.3 Å². The summed E-state index contributed by atoms with van der Waals surface area (Å²) >= 11 is 1.89. The molecule has 0 aliphatic heterocycles. The first-order valence-electron chi connectivity index (χ1n) is 6.47. The Morgan fingerprint density at radius 2 is 2.00 bits per heavy atom. The molecule has 0 spiro atoms. The molecule has 0 aromatic heterocycles. The Morgan fingerprint density at radius 1 is 1.31 bits per heavy atom. The zero-order chi connectivity index (χ0) is 11.4. The Kier molecular flexibility index (Phi) is 2.47. The van der Waals surface area contributed by atoms with Crippen LogP contribution in [0.15, 0.2) is 12.2 Å². The summed E-state index contributed by atoms with van der Waals surface area (Å²) in [5, 5.41) is 0.848. The normalized spacial score (nSPS) is 49.4. The topological polar surface area (TPSA) is 17.1 Å². The predicted octanol–water partition coefficient (Wildman–Crippen LogP) is 3.15. The summed E-state index contributed by atoms with van der Waals surface area (Å²) in [7, 11) is 0. The number of allylic oxidation sites excluding steroid dienone is 2. The Bertz CT molecular complexity index is 347. The van der Waals surface area contributed by atoms with E-state index in [0.29, 0.717) is 40.6 Å². The lowest BCUT2D eigenvalue weighted by Gasteiger charge is -2.23. The van der Waals surface area contributed by atoms with Crippen molar-refractivity contribution in [2.75, 3.05) is 0 Å². The molecule has 2 heteroatoms. The van der Waals surface area contributed by atoms with Gasteiger partial charge in [-0.15, -0.1) is 11.8 Å². The summed E-state index contributed by atoms with van der Waals surface area (Å²) in [5.74, 6) is 3.49. The quantitative estimate of drug-likeness (QED) is 0.685. The highest BCUT2D eigenvalue weighted by Gasteiger charge is 2.58. The van der Waals surface area contributed by atoms with Crippen molar-refractivity contribution in [1.82, 2.24) is 0 Å². The minimum Gasteiger partial charge on any atom is -0.298 e. The summed E-state index contributed by atoms with van der Waals surface area (Å²) in [4.78, 5) is 12.5. The van der Waals surface area contributed by atoms with E-state index in [4.69, 9.17) is 0 Å². The average Bonchev–Trinajstić information content (AvgIpc) is 2.87. The van der Waals surface area contributed by atoms with E-state index < -0.39 is 0 Å². The molecule has 2 bridgehead atoms. The molecular weight excluding hydrogens is 216 g/mol. The van der Waals surface area contributed by atoms with E-state index in [1.54, 1.807) is 0 Å². The number of thioether (sulfide) groups is 1. The highest BCUT2D eigenvalue weighted by atomic mass is 32.2. The van der Waals surface area contributed by atoms with Crippen molar-refractivity contribution in [3.8, 4) is 0 Å². The smallest absolute Gasteiger partial charge is 0.150 e. The predicted molar refractivity (Wildman–Crippen MR) is 68.4 cm³/mol. The minimum absolute atomic E-state index is 0.278. The van der Waals surface area contributed by atoms with Crippen molar-refractivity contribution in [1.29, 1.82) is 0 Å². The van der Waals surface area contributed by atoms with Crippen molar-refractivity contribution in [2.45, 2.75) is 37.7 Å². The van der Waals surface area contributed by atoms with Crippen LogP contribution in [0.5, 0.6) is 0 Å². The number of fused-ring (bicyclic) bond motifs is 5. The second-order valence-corrected chi connectivity index (χ2v) is 7.64. The van der Waals surface area contributed by atoms with Crippen LogP contribution in [0.4, 0.5) is 0 Å². The third-order valence-electron chi connectivity index (χ3n) is 4.63. The van der Waals surface area contributed by atoms with Gasteiger partial charge in [0.05, 0.1) is 5.25 Å². The number of ketones is 1. The first kappa shape index (κ1) is 10.9. The molecule has 3 aliphatic rings. The molecule has 3 aliphatic carbocycles. The lowest BCUT2D eigenvalue weighted by molar-refractivity contribution is -0.121. The highest BCUT2D eigenvalue weighted by Crippen LogP contribution is 2.58. The van der Waals surface area contributed by atoms with Gasteiger partial charge in [-0.3, -0.25) is 4.79 Å². The Hall–Kier alpha value is -0.240. The molecule has 0 aromatic rings. The molecule has 0 aromatic carbocycles. The van der Waals surface area contributed by atoms with Crippen LogP contribution < -0.4 is 0 Å². The maximum atomic E-state index is 12.5. The van der Waals surface area contributed by atoms with Crippen molar-refractivity contribution in [3.05, 3.63) is 12.2 Å². The second kappa shape index (κ2) is 3.63. The van der Waals surface area contributed by atoms with Gasteiger partial charge in [-0.25, -0.2) is 0 Å². The van der Waals surface area contributed by atoms with Crippen molar-refractivity contribution < 1.29 is 4.79 Å². The lowest BCUT2D eigenvalue weighted by Crippen LogP contribution is -2.23. The van der Waals surface area contributed by atoms with E-state index >= 15 is 0 Å². The SMILES string of the molecule is CC(C)S[C@H]1C(=O)[C@@H]2[C@H]([C@@H]1C)[C@H]1C=C[C@@H]2C1. The monoisotopic (exact) mass is 236 g/mol. The molecule has 1 nitrogen and oxygen atoms in total. The van der Waals surface area contributed by atoms with Crippen LogP contribution in [-0.4, -0.2) is 16.3 Å². The van der Waals surface area contributed by atoms with Crippen molar-refractivity contribution >= 4 is 17.5 Å². The minimum atomic E-state index is 0.278. The zero-order valence-corrected chi connectivity index (χ0v) is 11.0. The summed E-state index contributed by atoms with van der Waals surface area (Å²) in [5.41, 5.74) is 0. The first-order chi connectivity index (χ1) is 7.59. The van der Waals surface area contributed by atoms with Gasteiger partial charge in [0.25, 0.3) is 0 Å². The largest absolute Gasteiger partial charge is 0.298 e. The van der Waals surface area contributed by atoms with Crippen LogP contribution in [0.1, 0.15) is 27.2 Å². The highest BCUT2D eigenvalue weighted by molar-refractivity contribution is 8.01. The summed E-state index contributed by atoms with van der Waals surface area (Å²) in [6.45, 7) is 6.70. The van der Waals surface area contributed by atoms with Gasteiger partial charge in [0.15, 0.2) is 0 Å². The summed E-state index contributed by atoms with van der Waals surface area (Å²) in [6, 6.07) is 0. The molecular formula is C14H20OS. The average molecular weight is 236 g/mol. The first-order valence-corrected chi connectivity index (χ1v) is 7.41. The molecule has 0 heterocycles. The number of Topliss-reactive ketones (excluding diaryl/α,β-unsaturated/α-hetero) is 1. The van der Waals surface area contributed by atoms with Crippen LogP contribution >= 0.6 is 11.8 Å². The van der Waals surface area contributed by atoms with Gasteiger partial charge in [0.1, 0.15) is 5.78 Å². The number of carbonyl (C=O) groups excluding carboxylic acids is 1. The lowest BCUT2D eigenvalue weighted by atomic mass is 9.82. The van der Waals surface area contributed by atoms with Crippen LogP contribution in [0.3, 0.4) is 0 Å². The molecule has 88 valence electrons. The van der Waals surface area contributed by atoms with E-state index in [-0.39, 0.29) is 5.25 Å². The fourth-order valence-corrected chi connectivity index (χ4v) is 5.42. The van der Waals surface area contributed by atoms with E-state index in [1.807, 2.05) is 11.8 Å². The molecule has 0 saturated heterocycles. The third-order valence-corrected chi connectivity index (χ3v) is 6.13. The summed E-state index contributed by atoms with van der Waals surface area (Å²) < 4.78 is 0. The van der Waals surface area contributed by atoms with Crippen molar-refractivity contribution in [2.24, 2.45) is 29.6 Å². The molecule has 0 N–H and O–H groups in total. The molecule has 0 amide bonds. The number of rotatable bonds is 2. The van der Waals surface area contributed by atoms with E-state index in [9.17, 15) is 4.79 Å². The zero-order valence-electron chi connectivity index (χ0n) is 10.2. The van der Waals surface area contributed by atoms with Gasteiger partial charge < -0.3 is 0 Å². The Morgan fingerprint density at radius 3 is 2.62 bits per heavy atom. The van der Waals surface area contributed by atoms with Crippen LogP contribution in [-0.2, 0) is 4.79 Å². The number of hydrogen-bond donors (Lipinski definition) is 0. The van der Waals surface area contributed by atoms with Gasteiger partial charge >= 0.3 is 0 Å². The van der Waals surface area contributed by atoms with E-state index in [2.05, 4.69) is 32.9 Å². The molecule has 2 fully saturated rings. The molecule has 2 saturated carbocycles. The third kappa shape index (κ3) is 1.35. The molecule has 3 rings (SSSR count). The second-order valence-electron chi connectivity index (χ2n) is 5.92. The standard InChI is InChI=1S/C14H20OS/c1-7(2)16-14-8(3)11-9-4-5-10(6-9)12(11)13(14)15/h4-5,7-12,14H,6H2,1-3H3/t8-,9-,10+,11+,12-,14+/m0/s1. The molecule has 6 atom stereocenters. The Labute approximate surface area is 102 Å². The van der Waals surface area contributed by atoms with Crippen LogP contribution in [0.2, 0.25) is 0 Å². The van der Waals surface area contributed by atoms with Gasteiger partial charge in [0, 0.05) is 5.92 Å². The molecule has 16 heavy (non-hydrogen) atoms. The maximum Gasteiger partial charge on any atom is 0.150 e. The van der Waals surface area contributed by atoms with Gasteiger partial charge in [0.2, 0.25) is 0 Å².